The molecule has 0 heterocycles. The summed E-state index contributed by atoms with van der Waals surface area (Å²) in [4.78, 5) is 44.4. The average Bonchev–Trinajstić information content (AvgIpc) is 3.20. The Hall–Kier alpha value is -5.55. The van der Waals surface area contributed by atoms with Crippen LogP contribution in [0.15, 0.2) is 175 Å². The molecule has 6 nitrogen and oxygen atoms in total. The molecule has 2 amide bonds. The number of benzene rings is 6. The van der Waals surface area contributed by atoms with Crippen molar-refractivity contribution in [2.45, 2.75) is 25.8 Å². The summed E-state index contributed by atoms with van der Waals surface area (Å²) in [6, 6.07) is 51.7. The largest absolute Gasteiger partial charge is 0.354 e. The highest BCUT2D eigenvalue weighted by Gasteiger charge is 2.38. The van der Waals surface area contributed by atoms with E-state index < -0.39 is 30.7 Å². The molecule has 260 valence electrons. The van der Waals surface area contributed by atoms with Gasteiger partial charge in [-0.1, -0.05) is 164 Å². The summed E-state index contributed by atoms with van der Waals surface area (Å²) in [5.74, 6) is -2.02. The maximum Gasteiger partial charge on any atom is 0.300 e. The van der Waals surface area contributed by atoms with Crippen molar-refractivity contribution in [3.8, 4) is 0 Å². The van der Waals surface area contributed by atoms with Crippen LogP contribution < -0.4 is 26.1 Å². The molecule has 0 saturated heterocycles. The predicted molar refractivity (Wildman–Crippen MR) is 214 cm³/mol. The average molecular weight is 724 g/mol. The number of halogens is 1. The van der Waals surface area contributed by atoms with Crippen molar-refractivity contribution in [3.63, 3.8) is 0 Å². The van der Waals surface area contributed by atoms with Crippen molar-refractivity contribution in [3.05, 3.63) is 186 Å². The second kappa shape index (κ2) is 17.1. The predicted octanol–water partition coefficient (Wildman–Crippen LogP) is 9.02. The maximum absolute atomic E-state index is 14.6. The SMILES string of the molecule is CCCCNC(=O)C(c1ccccc1N=P(c1ccccc1)(c1ccccc1)c1ccccc1)N(C(=O)C(=O)c1ccccc1)c1ccc(Cl)cc1. The zero-order chi connectivity index (χ0) is 36.3. The minimum atomic E-state index is -2.79. The lowest BCUT2D eigenvalue weighted by Crippen LogP contribution is -2.46. The number of nitrogens with zero attached hydrogens (tertiary/aromatic N) is 2. The molecule has 0 aliphatic rings. The Kier molecular flexibility index (Phi) is 11.9. The molecule has 1 N–H and O–H groups in total. The standard InChI is InChI=1S/C44H39ClN3O3P/c1-2-3-32-46-43(50)41(48(35-30-28-34(45)29-31-35)44(51)42(49)33-18-8-4-9-19-33)39-26-16-17-27-40(39)47-52(36-20-10-5-11-21-36,37-22-12-6-13-23-37)38-24-14-7-15-25-38/h4-31,41H,2-3,32H2,1H3,(H,46,50). The van der Waals surface area contributed by atoms with Crippen LogP contribution in [0.1, 0.15) is 41.7 Å². The lowest BCUT2D eigenvalue weighted by atomic mass is 9.99. The molecule has 0 bridgehead atoms. The summed E-state index contributed by atoms with van der Waals surface area (Å²) >= 11 is 6.31. The van der Waals surface area contributed by atoms with E-state index in [-0.39, 0.29) is 5.56 Å². The Labute approximate surface area is 310 Å². The van der Waals surface area contributed by atoms with Crippen LogP contribution in [-0.4, -0.2) is 24.1 Å². The second-order valence-corrected chi connectivity index (χ2v) is 15.7. The van der Waals surface area contributed by atoms with Crippen molar-refractivity contribution in [2.24, 2.45) is 4.74 Å². The zero-order valence-electron chi connectivity index (χ0n) is 28.8. The third-order valence-corrected chi connectivity index (χ3v) is 12.7. The van der Waals surface area contributed by atoms with Gasteiger partial charge in [-0.25, -0.2) is 0 Å². The van der Waals surface area contributed by atoms with E-state index in [1.54, 1.807) is 54.6 Å². The lowest BCUT2D eigenvalue weighted by Gasteiger charge is -2.33. The molecule has 6 aromatic carbocycles. The Morgan fingerprint density at radius 3 is 1.65 bits per heavy atom. The highest BCUT2D eigenvalue weighted by atomic mass is 35.5. The molecule has 1 atom stereocenters. The monoisotopic (exact) mass is 723 g/mol. The molecule has 0 aliphatic carbocycles. The summed E-state index contributed by atoms with van der Waals surface area (Å²) in [6.45, 7) is 2.44. The minimum Gasteiger partial charge on any atom is -0.354 e. The van der Waals surface area contributed by atoms with Gasteiger partial charge in [-0.15, -0.1) is 0 Å². The number of carbonyl (C=O) groups is 3. The molecule has 52 heavy (non-hydrogen) atoms. The summed E-state index contributed by atoms with van der Waals surface area (Å²) in [7, 11) is -2.79. The van der Waals surface area contributed by atoms with Gasteiger partial charge < -0.3 is 5.32 Å². The van der Waals surface area contributed by atoms with E-state index in [0.717, 1.165) is 28.8 Å². The Balaban J connectivity index is 1.65. The van der Waals surface area contributed by atoms with Gasteiger partial charge in [0.05, 0.1) is 12.7 Å². The number of unbranched alkanes of at least 4 members (excludes halogenated alkanes) is 1. The van der Waals surface area contributed by atoms with E-state index >= 15 is 0 Å². The van der Waals surface area contributed by atoms with Crippen LogP contribution in [0, 0.1) is 0 Å². The fourth-order valence-electron chi connectivity index (χ4n) is 6.21. The van der Waals surface area contributed by atoms with E-state index in [1.165, 1.54) is 4.90 Å². The van der Waals surface area contributed by atoms with Gasteiger partial charge in [0.1, 0.15) is 6.04 Å². The number of nitrogens with one attached hydrogen (secondary N) is 1. The van der Waals surface area contributed by atoms with Crippen LogP contribution in [0.5, 0.6) is 0 Å². The number of carbonyl (C=O) groups excluding carboxylic acids is 3. The fraction of sp³-hybridized carbons (Fsp3) is 0.114. The number of anilines is 1. The van der Waals surface area contributed by atoms with E-state index in [1.807, 2.05) is 85.8 Å². The first-order chi connectivity index (χ1) is 25.4. The summed E-state index contributed by atoms with van der Waals surface area (Å²) in [6.07, 6.45) is 1.61. The van der Waals surface area contributed by atoms with Gasteiger partial charge in [-0.3, -0.25) is 24.0 Å². The van der Waals surface area contributed by atoms with E-state index in [0.29, 0.717) is 28.5 Å². The van der Waals surface area contributed by atoms with Gasteiger partial charge in [0, 0.05) is 44.3 Å². The smallest absolute Gasteiger partial charge is 0.300 e. The van der Waals surface area contributed by atoms with Crippen LogP contribution in [0.4, 0.5) is 11.4 Å². The number of rotatable bonds is 13. The van der Waals surface area contributed by atoms with E-state index in [9.17, 15) is 14.4 Å². The molecule has 6 rings (SSSR count). The number of ketones is 1. The number of hydrogen-bond acceptors (Lipinski definition) is 4. The van der Waals surface area contributed by atoms with Gasteiger partial charge in [0.25, 0.3) is 11.7 Å². The van der Waals surface area contributed by atoms with Crippen molar-refractivity contribution in [2.75, 3.05) is 11.4 Å². The van der Waals surface area contributed by atoms with Gasteiger partial charge in [0.2, 0.25) is 5.91 Å². The molecule has 1 unspecified atom stereocenters. The Morgan fingerprint density at radius 1 is 0.654 bits per heavy atom. The highest BCUT2D eigenvalue weighted by molar-refractivity contribution is 7.87. The summed E-state index contributed by atoms with van der Waals surface area (Å²) < 4.78 is 5.74. The molecule has 6 aromatic rings. The molecular formula is C44H39ClN3O3P. The number of hydrogen-bond donors (Lipinski definition) is 1. The first-order valence-corrected chi connectivity index (χ1v) is 19.4. The van der Waals surface area contributed by atoms with Gasteiger partial charge in [-0.05, 0) is 36.8 Å². The number of Topliss-reactive ketones (excluding diaryl/α,β-unsaturated/α-hetero) is 1. The van der Waals surface area contributed by atoms with Crippen molar-refractivity contribution >= 4 is 63.5 Å². The Bertz CT molecular complexity index is 2080. The third-order valence-electron chi connectivity index (χ3n) is 8.77. The minimum absolute atomic E-state index is 0.219. The summed E-state index contributed by atoms with van der Waals surface area (Å²) in [5, 5.41) is 6.58. The molecule has 0 radical (unpaired) electrons. The van der Waals surface area contributed by atoms with Gasteiger partial charge in [-0.2, -0.15) is 0 Å². The van der Waals surface area contributed by atoms with Crippen LogP contribution in [-0.2, 0) is 9.59 Å². The van der Waals surface area contributed by atoms with Gasteiger partial charge in [0.15, 0.2) is 0 Å². The quantitative estimate of drug-likeness (QED) is 0.0559. The molecule has 0 saturated carbocycles. The fourth-order valence-corrected chi connectivity index (χ4v) is 9.90. The first-order valence-electron chi connectivity index (χ1n) is 17.3. The molecule has 0 aromatic heterocycles. The molecule has 0 fully saturated rings. The lowest BCUT2D eigenvalue weighted by molar-refractivity contribution is -0.125. The van der Waals surface area contributed by atoms with Gasteiger partial charge >= 0.3 is 0 Å². The number of amides is 2. The third kappa shape index (κ3) is 7.84. The molecule has 0 aliphatic heterocycles. The molecule has 0 spiro atoms. The molecule has 8 heteroatoms. The van der Waals surface area contributed by atoms with Crippen molar-refractivity contribution < 1.29 is 14.4 Å². The van der Waals surface area contributed by atoms with Crippen molar-refractivity contribution in [1.82, 2.24) is 5.32 Å². The maximum atomic E-state index is 14.6. The van der Waals surface area contributed by atoms with Crippen LogP contribution in [0.2, 0.25) is 5.02 Å². The van der Waals surface area contributed by atoms with Crippen LogP contribution in [0.25, 0.3) is 0 Å². The Morgan fingerprint density at radius 2 is 1.13 bits per heavy atom. The van der Waals surface area contributed by atoms with E-state index in [4.69, 9.17) is 16.3 Å². The molecular weight excluding hydrogens is 685 g/mol. The van der Waals surface area contributed by atoms with Crippen molar-refractivity contribution in [1.29, 1.82) is 0 Å². The summed E-state index contributed by atoms with van der Waals surface area (Å²) in [5.41, 5.74) is 1.57. The first kappa shape index (κ1) is 36.2. The second-order valence-electron chi connectivity index (χ2n) is 12.2. The van der Waals surface area contributed by atoms with E-state index in [2.05, 4.69) is 41.7 Å². The topological polar surface area (TPSA) is 78.8 Å². The highest BCUT2D eigenvalue weighted by Crippen LogP contribution is 2.50. The normalized spacial score (nSPS) is 11.7. The van der Waals surface area contributed by atoms with Crippen LogP contribution in [0.3, 0.4) is 0 Å². The zero-order valence-corrected chi connectivity index (χ0v) is 30.5. The van der Waals surface area contributed by atoms with Crippen LogP contribution >= 0.6 is 18.7 Å².